The van der Waals surface area contributed by atoms with Crippen molar-refractivity contribution in [2.45, 2.75) is 24.8 Å². The summed E-state index contributed by atoms with van der Waals surface area (Å²) < 4.78 is 12.2. The molecule has 0 aromatic heterocycles. The van der Waals surface area contributed by atoms with Gasteiger partial charge in [-0.25, -0.2) is 0 Å². The number of aliphatic carboxylic acids is 1. The van der Waals surface area contributed by atoms with Crippen LogP contribution in [0.5, 0.6) is 0 Å². The van der Waals surface area contributed by atoms with Crippen molar-refractivity contribution in [3.05, 3.63) is 47.2 Å². The minimum Gasteiger partial charge on any atom is -0.543 e. The van der Waals surface area contributed by atoms with Crippen LogP contribution in [0, 0.1) is 0 Å². The van der Waals surface area contributed by atoms with Crippen molar-refractivity contribution in [1.82, 2.24) is 10.2 Å². The highest BCUT2D eigenvalue weighted by molar-refractivity contribution is 7.86. The van der Waals surface area contributed by atoms with Gasteiger partial charge in [0.05, 0.1) is 28.9 Å². The number of carbonyl (C=O) groups is 3. The smallest absolute Gasteiger partial charge is 0.253 e. The Bertz CT molecular complexity index is 774. The molecular weight excluding hydrogens is 332 g/mol. The van der Waals surface area contributed by atoms with Crippen LogP contribution in [0.2, 0.25) is 0 Å². The standard InChI is InChI=1S/C16H16N2O5S/c1-9-8-24(23)15-12(14(20)18(15)13(9)16(21)22)17-11(19)7-10-5-3-2-4-6-10/h2-6,12,15H,7-8H2,1H3,(H,17,19)(H,21,22)/p-1/t12-,15-,24+/m1/s1. The Morgan fingerprint density at radius 3 is 2.62 bits per heavy atom. The number of hydrogen-bond donors (Lipinski definition) is 1. The molecule has 7 nitrogen and oxygen atoms in total. The summed E-state index contributed by atoms with van der Waals surface area (Å²) in [6.45, 7) is 1.51. The van der Waals surface area contributed by atoms with E-state index in [9.17, 15) is 23.7 Å². The molecule has 2 amide bonds. The summed E-state index contributed by atoms with van der Waals surface area (Å²) in [7, 11) is -1.47. The van der Waals surface area contributed by atoms with E-state index >= 15 is 0 Å². The number of fused-ring (bicyclic) bond motifs is 1. The third-order valence-corrected chi connectivity index (χ3v) is 5.77. The van der Waals surface area contributed by atoms with Crippen molar-refractivity contribution in [1.29, 1.82) is 0 Å². The number of β-lactam (4-membered cyclic amide) rings is 1. The number of nitrogens with zero attached hydrogens (tertiary/aromatic N) is 1. The number of rotatable bonds is 4. The first kappa shape index (κ1) is 16.4. The molecule has 1 fully saturated rings. The maximum absolute atomic E-state index is 12.2. The van der Waals surface area contributed by atoms with E-state index in [1.807, 2.05) is 6.07 Å². The molecule has 24 heavy (non-hydrogen) atoms. The first-order chi connectivity index (χ1) is 11.4. The zero-order chi connectivity index (χ0) is 17.4. The van der Waals surface area contributed by atoms with Gasteiger partial charge < -0.3 is 15.2 Å². The number of nitrogens with one attached hydrogen (secondary N) is 1. The number of carboxylic acid groups (broad SMARTS) is 1. The number of hydrogen-bond acceptors (Lipinski definition) is 5. The molecule has 0 saturated carbocycles. The molecule has 1 saturated heterocycles. The van der Waals surface area contributed by atoms with Gasteiger partial charge in [-0.2, -0.15) is 0 Å². The Labute approximate surface area is 140 Å². The zero-order valence-electron chi connectivity index (χ0n) is 12.9. The highest BCUT2D eigenvalue weighted by atomic mass is 32.2. The fourth-order valence-corrected chi connectivity index (χ4v) is 4.62. The van der Waals surface area contributed by atoms with Crippen molar-refractivity contribution < 1.29 is 23.7 Å². The van der Waals surface area contributed by atoms with Gasteiger partial charge in [-0.15, -0.1) is 0 Å². The summed E-state index contributed by atoms with van der Waals surface area (Å²) in [4.78, 5) is 36.5. The predicted molar refractivity (Wildman–Crippen MR) is 83.4 cm³/mol. The molecule has 0 aliphatic carbocycles. The lowest BCUT2D eigenvalue weighted by atomic mass is 10.0. The number of amides is 2. The van der Waals surface area contributed by atoms with Gasteiger partial charge in [-0.05, 0) is 18.1 Å². The zero-order valence-corrected chi connectivity index (χ0v) is 13.7. The van der Waals surface area contributed by atoms with Crippen LogP contribution in [0.15, 0.2) is 41.6 Å². The maximum atomic E-state index is 12.2. The maximum Gasteiger partial charge on any atom is 0.253 e. The van der Waals surface area contributed by atoms with Crippen LogP contribution in [-0.2, 0) is 31.6 Å². The van der Waals surface area contributed by atoms with Crippen LogP contribution >= 0.6 is 0 Å². The van der Waals surface area contributed by atoms with Gasteiger partial charge in [-0.1, -0.05) is 30.3 Å². The van der Waals surface area contributed by atoms with E-state index in [4.69, 9.17) is 0 Å². The fraction of sp³-hybridized carbons (Fsp3) is 0.312. The normalized spacial score (nSPS) is 25.8. The molecule has 3 atom stereocenters. The van der Waals surface area contributed by atoms with E-state index in [-0.39, 0.29) is 23.8 Å². The Kier molecular flexibility index (Phi) is 4.23. The Morgan fingerprint density at radius 1 is 1.33 bits per heavy atom. The fourth-order valence-electron chi connectivity index (χ4n) is 2.96. The molecule has 8 heteroatoms. The number of carbonyl (C=O) groups excluding carboxylic acids is 3. The van der Waals surface area contributed by atoms with Crippen LogP contribution in [0.1, 0.15) is 12.5 Å². The van der Waals surface area contributed by atoms with E-state index in [0.29, 0.717) is 5.57 Å². The lowest BCUT2D eigenvalue weighted by molar-refractivity contribution is -0.301. The predicted octanol–water partition coefficient (Wildman–Crippen LogP) is -1.33. The summed E-state index contributed by atoms with van der Waals surface area (Å²) in [6.07, 6.45) is 0.0895. The van der Waals surface area contributed by atoms with E-state index in [2.05, 4.69) is 5.32 Å². The molecule has 2 aliphatic heterocycles. The highest BCUT2D eigenvalue weighted by Gasteiger charge is 2.55. The minimum absolute atomic E-state index is 0.0445. The van der Waals surface area contributed by atoms with Crippen molar-refractivity contribution in [2.24, 2.45) is 0 Å². The van der Waals surface area contributed by atoms with Gasteiger partial charge in [0.15, 0.2) is 0 Å². The van der Waals surface area contributed by atoms with Crippen LogP contribution in [0.4, 0.5) is 0 Å². The summed E-state index contributed by atoms with van der Waals surface area (Å²) >= 11 is 0. The van der Waals surface area contributed by atoms with Gasteiger partial charge in [0.2, 0.25) is 5.91 Å². The van der Waals surface area contributed by atoms with Crippen LogP contribution in [0.3, 0.4) is 0 Å². The highest BCUT2D eigenvalue weighted by Crippen LogP contribution is 2.34. The Balaban J connectivity index is 1.73. The van der Waals surface area contributed by atoms with E-state index in [1.165, 1.54) is 6.92 Å². The summed E-state index contributed by atoms with van der Waals surface area (Å²) in [5, 5.41) is 12.9. The molecule has 2 aliphatic rings. The van der Waals surface area contributed by atoms with Crippen molar-refractivity contribution in [3.63, 3.8) is 0 Å². The Hall–Kier alpha value is -2.48. The van der Waals surface area contributed by atoms with Crippen molar-refractivity contribution in [2.75, 3.05) is 5.75 Å². The van der Waals surface area contributed by atoms with Crippen molar-refractivity contribution >= 4 is 28.6 Å². The van der Waals surface area contributed by atoms with E-state index in [0.717, 1.165) is 10.5 Å². The molecule has 1 N–H and O–H groups in total. The van der Waals surface area contributed by atoms with Gasteiger partial charge in [-0.3, -0.25) is 18.7 Å². The third-order valence-electron chi connectivity index (χ3n) is 4.03. The lowest BCUT2D eigenvalue weighted by Crippen LogP contribution is -2.74. The van der Waals surface area contributed by atoms with Crippen LogP contribution in [-0.4, -0.2) is 44.1 Å². The quantitative estimate of drug-likeness (QED) is 0.679. The second-order valence-corrected chi connectivity index (χ2v) is 7.28. The van der Waals surface area contributed by atoms with E-state index in [1.54, 1.807) is 24.3 Å². The first-order valence-electron chi connectivity index (χ1n) is 7.34. The second kappa shape index (κ2) is 6.20. The summed E-state index contributed by atoms with van der Waals surface area (Å²) in [6, 6.07) is 8.03. The molecule has 0 spiro atoms. The molecule has 126 valence electrons. The largest absolute Gasteiger partial charge is 0.543 e. The topological polar surface area (TPSA) is 107 Å². The van der Waals surface area contributed by atoms with Gasteiger partial charge in [0, 0.05) is 5.75 Å². The van der Waals surface area contributed by atoms with Crippen molar-refractivity contribution in [3.8, 4) is 0 Å². The molecular formula is C16H15N2O5S-. The third kappa shape index (κ3) is 2.73. The Morgan fingerprint density at radius 2 is 2.00 bits per heavy atom. The molecule has 1 aromatic carbocycles. The van der Waals surface area contributed by atoms with Gasteiger partial charge in [0.1, 0.15) is 11.4 Å². The first-order valence-corrected chi connectivity index (χ1v) is 8.73. The molecule has 2 heterocycles. The van der Waals surface area contributed by atoms with Gasteiger partial charge >= 0.3 is 0 Å². The minimum atomic E-state index is -1.48. The second-order valence-electron chi connectivity index (χ2n) is 5.75. The molecule has 0 unspecified atom stereocenters. The number of benzene rings is 1. The van der Waals surface area contributed by atoms with Gasteiger partial charge in [0.25, 0.3) is 5.91 Å². The molecule has 0 bridgehead atoms. The summed E-state index contributed by atoms with van der Waals surface area (Å²) in [5.74, 6) is -2.38. The number of carboxylic acids is 1. The lowest BCUT2D eigenvalue weighted by Gasteiger charge is -2.50. The SMILES string of the molecule is CC1=C(C(=O)[O-])N2C(=O)[C@@H](NC(=O)Cc3ccccc3)[C@H]2[S@@](=O)C1. The average Bonchev–Trinajstić information content (AvgIpc) is 2.53. The van der Waals surface area contributed by atoms with Crippen LogP contribution in [0.25, 0.3) is 0 Å². The monoisotopic (exact) mass is 347 g/mol. The molecule has 0 radical (unpaired) electrons. The van der Waals surface area contributed by atoms with E-state index < -0.39 is 34.1 Å². The van der Waals surface area contributed by atoms with Crippen LogP contribution < -0.4 is 10.4 Å². The average molecular weight is 347 g/mol. The molecule has 1 aromatic rings. The molecule has 3 rings (SSSR count). The summed E-state index contributed by atoms with van der Waals surface area (Å²) in [5.41, 5.74) is 0.889.